The van der Waals surface area contributed by atoms with Crippen molar-refractivity contribution in [1.29, 1.82) is 0 Å². The standard InChI is InChI=1S/C49H27N5OS2/c1-3-12-28(13-4-1)43-45-44(35-17-8-10-21-40(35)57-45)51-49(50-43)36-18-11-19-37-42(36)34-25-23-30(26-38(34)55-37)47-52-46(29-14-5-2-6-15-29)53-48(54-47)31-22-24-33-32-16-7-9-20-39(32)56-41(33)27-31/h1-27H. The van der Waals surface area contributed by atoms with Gasteiger partial charge in [0.05, 0.1) is 15.9 Å². The lowest BCUT2D eigenvalue weighted by Crippen LogP contribution is -2.00. The number of fused-ring (bicyclic) bond motifs is 9. The minimum absolute atomic E-state index is 0.573. The maximum absolute atomic E-state index is 6.62. The van der Waals surface area contributed by atoms with Crippen LogP contribution >= 0.6 is 22.7 Å². The van der Waals surface area contributed by atoms with E-state index in [1.165, 1.54) is 24.9 Å². The molecule has 5 heterocycles. The van der Waals surface area contributed by atoms with E-state index >= 15 is 0 Å². The van der Waals surface area contributed by atoms with Crippen LogP contribution in [0.2, 0.25) is 0 Å². The highest BCUT2D eigenvalue weighted by Crippen LogP contribution is 2.42. The normalized spacial score (nSPS) is 11.9. The number of aromatic nitrogens is 5. The first-order valence-corrected chi connectivity index (χ1v) is 20.3. The number of nitrogens with zero attached hydrogens (tertiary/aromatic N) is 5. The molecule has 0 spiro atoms. The van der Waals surface area contributed by atoms with Gasteiger partial charge in [-0.15, -0.1) is 22.7 Å². The van der Waals surface area contributed by atoms with Crippen LogP contribution in [0.15, 0.2) is 168 Å². The minimum Gasteiger partial charge on any atom is -0.456 e. The maximum Gasteiger partial charge on any atom is 0.164 e. The summed E-state index contributed by atoms with van der Waals surface area (Å²) in [6.07, 6.45) is 0. The van der Waals surface area contributed by atoms with Crippen molar-refractivity contribution in [2.24, 2.45) is 0 Å². The molecule has 6 nitrogen and oxygen atoms in total. The third-order valence-electron chi connectivity index (χ3n) is 10.6. The first-order chi connectivity index (χ1) is 28.2. The van der Waals surface area contributed by atoms with Crippen LogP contribution in [-0.4, -0.2) is 24.9 Å². The van der Waals surface area contributed by atoms with E-state index in [1.807, 2.05) is 54.6 Å². The first-order valence-electron chi connectivity index (χ1n) is 18.7. The van der Waals surface area contributed by atoms with Crippen molar-refractivity contribution >= 4 is 85.1 Å². The van der Waals surface area contributed by atoms with Crippen LogP contribution in [0.4, 0.5) is 0 Å². The summed E-state index contributed by atoms with van der Waals surface area (Å²) >= 11 is 3.52. The zero-order valence-corrected chi connectivity index (χ0v) is 31.7. The van der Waals surface area contributed by atoms with Crippen LogP contribution in [0.1, 0.15) is 0 Å². The summed E-state index contributed by atoms with van der Waals surface area (Å²) < 4.78 is 11.3. The van der Waals surface area contributed by atoms with Crippen molar-refractivity contribution in [1.82, 2.24) is 24.9 Å². The molecule has 7 aromatic carbocycles. The Morgan fingerprint density at radius 3 is 1.75 bits per heavy atom. The number of thiophene rings is 2. The molecule has 0 atom stereocenters. The Hall–Kier alpha value is -7.13. The fraction of sp³-hybridized carbons (Fsp3) is 0. The molecule has 0 saturated carbocycles. The Balaban J connectivity index is 1.02. The SMILES string of the molecule is c1ccc(-c2nc(-c3ccc4c(c3)oc3cccc(-c5nc(-c6ccccc6)c6sc7ccccc7c6n5)c34)nc(-c3ccc4c(c3)sc3ccccc34)n2)cc1. The number of hydrogen-bond donors (Lipinski definition) is 0. The smallest absolute Gasteiger partial charge is 0.164 e. The topological polar surface area (TPSA) is 77.6 Å². The number of rotatable bonds is 5. The van der Waals surface area contributed by atoms with Crippen LogP contribution in [0.5, 0.6) is 0 Å². The van der Waals surface area contributed by atoms with Crippen molar-refractivity contribution in [2.45, 2.75) is 0 Å². The summed E-state index contributed by atoms with van der Waals surface area (Å²) in [5.41, 5.74) is 8.04. The second kappa shape index (κ2) is 12.7. The fourth-order valence-corrected chi connectivity index (χ4v) is 10.2. The van der Waals surface area contributed by atoms with Gasteiger partial charge in [0.15, 0.2) is 23.3 Å². The van der Waals surface area contributed by atoms with Crippen LogP contribution in [-0.2, 0) is 0 Å². The fourth-order valence-electron chi connectivity index (χ4n) is 7.87. The van der Waals surface area contributed by atoms with Gasteiger partial charge in [-0.25, -0.2) is 24.9 Å². The first kappa shape index (κ1) is 32.1. The molecule has 0 aliphatic heterocycles. The number of benzene rings is 7. The Bertz CT molecular complexity index is 3540. The largest absolute Gasteiger partial charge is 0.456 e. The van der Waals surface area contributed by atoms with E-state index in [0.717, 1.165) is 71.1 Å². The average Bonchev–Trinajstić information content (AvgIpc) is 3.97. The molecule has 0 radical (unpaired) electrons. The zero-order valence-electron chi connectivity index (χ0n) is 30.0. The van der Waals surface area contributed by atoms with E-state index < -0.39 is 0 Å². The molecule has 12 aromatic rings. The van der Waals surface area contributed by atoms with Crippen LogP contribution in [0, 0.1) is 0 Å². The van der Waals surface area contributed by atoms with Gasteiger partial charge in [-0.3, -0.25) is 0 Å². The lowest BCUT2D eigenvalue weighted by Gasteiger charge is -2.09. The second-order valence-corrected chi connectivity index (χ2v) is 16.1. The van der Waals surface area contributed by atoms with Crippen molar-refractivity contribution in [3.05, 3.63) is 164 Å². The van der Waals surface area contributed by atoms with Gasteiger partial charge in [-0.2, -0.15) is 0 Å². The monoisotopic (exact) mass is 765 g/mol. The highest BCUT2D eigenvalue weighted by molar-refractivity contribution is 7.26. The Labute approximate surface area is 333 Å². The van der Waals surface area contributed by atoms with Crippen molar-refractivity contribution in [3.63, 3.8) is 0 Å². The molecule has 0 bridgehead atoms. The second-order valence-electron chi connectivity index (χ2n) is 14.0. The summed E-state index contributed by atoms with van der Waals surface area (Å²) in [6, 6.07) is 56.2. The van der Waals surface area contributed by atoms with E-state index in [-0.39, 0.29) is 0 Å². The quantitative estimate of drug-likeness (QED) is 0.174. The molecule has 0 saturated heterocycles. The Kier molecular flexibility index (Phi) is 7.17. The molecule has 57 heavy (non-hydrogen) atoms. The lowest BCUT2D eigenvalue weighted by atomic mass is 10.0. The zero-order chi connectivity index (χ0) is 37.5. The Morgan fingerprint density at radius 2 is 0.982 bits per heavy atom. The molecule has 0 fully saturated rings. The summed E-state index contributed by atoms with van der Waals surface area (Å²) in [5, 5.41) is 5.56. The van der Waals surface area contributed by atoms with E-state index in [9.17, 15) is 0 Å². The van der Waals surface area contributed by atoms with Gasteiger partial charge < -0.3 is 4.42 Å². The van der Waals surface area contributed by atoms with Crippen molar-refractivity contribution in [2.75, 3.05) is 0 Å². The van der Waals surface area contributed by atoms with Gasteiger partial charge in [0, 0.05) is 68.8 Å². The van der Waals surface area contributed by atoms with Crippen molar-refractivity contribution in [3.8, 4) is 56.8 Å². The van der Waals surface area contributed by atoms with Gasteiger partial charge in [-0.05, 0) is 36.4 Å². The summed E-state index contributed by atoms with van der Waals surface area (Å²) in [5.74, 6) is 2.46. The van der Waals surface area contributed by atoms with Gasteiger partial charge in [0.25, 0.3) is 0 Å². The number of furan rings is 1. The molecule has 0 amide bonds. The summed E-state index contributed by atoms with van der Waals surface area (Å²) in [4.78, 5) is 25.7. The molecule has 0 aliphatic carbocycles. The minimum atomic E-state index is 0.573. The third-order valence-corrected chi connectivity index (χ3v) is 12.9. The van der Waals surface area contributed by atoms with E-state index in [4.69, 9.17) is 29.3 Å². The molecule has 0 unspecified atom stereocenters. The highest BCUT2D eigenvalue weighted by atomic mass is 32.1. The molecule has 0 aliphatic rings. The Morgan fingerprint density at radius 1 is 0.368 bits per heavy atom. The molecule has 12 rings (SSSR count). The van der Waals surface area contributed by atoms with Crippen molar-refractivity contribution < 1.29 is 4.42 Å². The van der Waals surface area contributed by atoms with Crippen LogP contribution in [0.3, 0.4) is 0 Å². The molecule has 5 aromatic heterocycles. The number of hydrogen-bond acceptors (Lipinski definition) is 8. The predicted octanol–water partition coefficient (Wildman–Crippen LogP) is 13.6. The maximum atomic E-state index is 6.62. The van der Waals surface area contributed by atoms with Gasteiger partial charge in [-0.1, -0.05) is 127 Å². The average molecular weight is 766 g/mol. The van der Waals surface area contributed by atoms with E-state index in [0.29, 0.717) is 23.3 Å². The molecular formula is C49H27N5OS2. The van der Waals surface area contributed by atoms with E-state index in [2.05, 4.69) is 109 Å². The highest BCUT2D eigenvalue weighted by Gasteiger charge is 2.21. The van der Waals surface area contributed by atoms with Gasteiger partial charge in [0.2, 0.25) is 0 Å². The van der Waals surface area contributed by atoms with Gasteiger partial charge >= 0.3 is 0 Å². The predicted molar refractivity (Wildman–Crippen MR) is 236 cm³/mol. The molecule has 266 valence electrons. The lowest BCUT2D eigenvalue weighted by molar-refractivity contribution is 0.669. The van der Waals surface area contributed by atoms with Gasteiger partial charge in [0.1, 0.15) is 11.2 Å². The summed E-state index contributed by atoms with van der Waals surface area (Å²) in [7, 11) is 0. The van der Waals surface area contributed by atoms with Crippen LogP contribution < -0.4 is 0 Å². The van der Waals surface area contributed by atoms with E-state index in [1.54, 1.807) is 22.7 Å². The van der Waals surface area contributed by atoms with Crippen LogP contribution in [0.25, 0.3) is 119 Å². The third kappa shape index (κ3) is 5.26. The summed E-state index contributed by atoms with van der Waals surface area (Å²) in [6.45, 7) is 0. The molecule has 8 heteroatoms. The molecular weight excluding hydrogens is 739 g/mol. The molecule has 0 N–H and O–H groups in total.